The molecule has 0 saturated heterocycles. The third-order valence-electron chi connectivity index (χ3n) is 3.74. The summed E-state index contributed by atoms with van der Waals surface area (Å²) in [7, 11) is 0. The van der Waals surface area contributed by atoms with Gasteiger partial charge in [0.25, 0.3) is 0 Å². The van der Waals surface area contributed by atoms with Crippen LogP contribution in [0.3, 0.4) is 0 Å². The summed E-state index contributed by atoms with van der Waals surface area (Å²) in [5.74, 6) is -0.524. The van der Waals surface area contributed by atoms with Crippen LogP contribution in [0.15, 0.2) is 60.9 Å². The molecule has 3 rings (SSSR count). The number of benzene rings is 2. The molecule has 0 unspecified atom stereocenters. The fourth-order valence-electron chi connectivity index (χ4n) is 2.46. The zero-order valence-electron chi connectivity index (χ0n) is 15.5. The highest BCUT2D eigenvalue weighted by Gasteiger charge is 2.23. The van der Waals surface area contributed by atoms with E-state index in [4.69, 9.17) is 4.74 Å². The van der Waals surface area contributed by atoms with Gasteiger partial charge in [-0.1, -0.05) is 24.3 Å². The summed E-state index contributed by atoms with van der Waals surface area (Å²) in [6.45, 7) is 1.96. The number of hydrazine groups is 1. The normalized spacial score (nSPS) is 10.1. The zero-order valence-corrected chi connectivity index (χ0v) is 15.5. The Hall–Kier alpha value is -4.21. The largest absolute Gasteiger partial charge is 0.462 e. The molecule has 0 spiro atoms. The highest BCUT2D eigenvalue weighted by atomic mass is 16.6. The quantitative estimate of drug-likeness (QED) is 0.297. The van der Waals surface area contributed by atoms with E-state index in [1.54, 1.807) is 37.3 Å². The summed E-state index contributed by atoms with van der Waals surface area (Å²) in [6, 6.07) is 15.5. The van der Waals surface area contributed by atoms with Crippen molar-refractivity contribution < 1.29 is 14.5 Å². The molecule has 1 aromatic heterocycles. The number of para-hydroxylation sites is 1. The second-order valence-corrected chi connectivity index (χ2v) is 5.72. The SMILES string of the molecule is CCOC(=O)c1cccc(Nc2ncnc(NNc3ccccc3)c2[N+](=O)[O-])c1. The molecule has 1 heterocycles. The maximum Gasteiger partial charge on any atom is 0.355 e. The van der Waals surface area contributed by atoms with Crippen LogP contribution in [0.1, 0.15) is 17.3 Å². The molecular formula is C19H18N6O4. The van der Waals surface area contributed by atoms with Crippen LogP contribution < -0.4 is 16.2 Å². The summed E-state index contributed by atoms with van der Waals surface area (Å²) >= 11 is 0. The van der Waals surface area contributed by atoms with Gasteiger partial charge in [0.05, 0.1) is 22.8 Å². The molecule has 2 aromatic carbocycles. The van der Waals surface area contributed by atoms with E-state index in [1.165, 1.54) is 12.4 Å². The van der Waals surface area contributed by atoms with Crippen LogP contribution in [-0.2, 0) is 4.74 Å². The molecule has 3 aromatic rings. The number of nitrogens with zero attached hydrogens (tertiary/aromatic N) is 3. The Labute approximate surface area is 166 Å². The van der Waals surface area contributed by atoms with Gasteiger partial charge in [-0.15, -0.1) is 0 Å². The van der Waals surface area contributed by atoms with E-state index in [0.717, 1.165) is 0 Å². The van der Waals surface area contributed by atoms with Crippen molar-refractivity contribution in [2.45, 2.75) is 6.92 Å². The van der Waals surface area contributed by atoms with Crippen LogP contribution in [0.4, 0.5) is 28.7 Å². The monoisotopic (exact) mass is 394 g/mol. The first-order valence-electron chi connectivity index (χ1n) is 8.69. The van der Waals surface area contributed by atoms with Crippen molar-refractivity contribution >= 4 is 34.7 Å². The third kappa shape index (κ3) is 4.95. The molecular weight excluding hydrogens is 376 g/mol. The Balaban J connectivity index is 1.85. The Morgan fingerprint density at radius 2 is 1.76 bits per heavy atom. The molecule has 0 aliphatic carbocycles. The first-order valence-corrected chi connectivity index (χ1v) is 8.69. The molecule has 0 bridgehead atoms. The lowest BCUT2D eigenvalue weighted by Crippen LogP contribution is -2.13. The molecule has 29 heavy (non-hydrogen) atoms. The number of nitro groups is 1. The van der Waals surface area contributed by atoms with Gasteiger partial charge < -0.3 is 10.1 Å². The van der Waals surface area contributed by atoms with Crippen molar-refractivity contribution in [1.29, 1.82) is 0 Å². The lowest BCUT2D eigenvalue weighted by atomic mass is 10.2. The predicted octanol–water partition coefficient (Wildman–Crippen LogP) is 3.74. The molecule has 0 atom stereocenters. The van der Waals surface area contributed by atoms with Crippen LogP contribution in [0.5, 0.6) is 0 Å². The minimum atomic E-state index is -0.591. The zero-order chi connectivity index (χ0) is 20.6. The Morgan fingerprint density at radius 3 is 2.48 bits per heavy atom. The first-order chi connectivity index (χ1) is 14.1. The van der Waals surface area contributed by atoms with Crippen LogP contribution in [-0.4, -0.2) is 27.5 Å². The van der Waals surface area contributed by atoms with Gasteiger partial charge in [0, 0.05) is 5.69 Å². The van der Waals surface area contributed by atoms with Crippen molar-refractivity contribution in [3.05, 3.63) is 76.6 Å². The summed E-state index contributed by atoms with van der Waals surface area (Å²) in [6.07, 6.45) is 1.19. The van der Waals surface area contributed by atoms with E-state index in [1.807, 2.05) is 18.2 Å². The first kappa shape index (κ1) is 19.5. The highest BCUT2D eigenvalue weighted by molar-refractivity contribution is 5.91. The van der Waals surface area contributed by atoms with Gasteiger partial charge in [0.2, 0.25) is 11.6 Å². The Morgan fingerprint density at radius 1 is 1.03 bits per heavy atom. The van der Waals surface area contributed by atoms with Gasteiger partial charge in [-0.25, -0.2) is 14.8 Å². The highest BCUT2D eigenvalue weighted by Crippen LogP contribution is 2.31. The van der Waals surface area contributed by atoms with Gasteiger partial charge in [-0.2, -0.15) is 0 Å². The smallest absolute Gasteiger partial charge is 0.355 e. The van der Waals surface area contributed by atoms with E-state index in [0.29, 0.717) is 16.9 Å². The summed E-state index contributed by atoms with van der Waals surface area (Å²) in [4.78, 5) is 30.9. The van der Waals surface area contributed by atoms with Gasteiger partial charge in [0.15, 0.2) is 0 Å². The van der Waals surface area contributed by atoms with E-state index >= 15 is 0 Å². The van der Waals surface area contributed by atoms with Gasteiger partial charge in [-0.05, 0) is 37.3 Å². The number of carbonyl (C=O) groups is 1. The van der Waals surface area contributed by atoms with Crippen molar-refractivity contribution in [3.63, 3.8) is 0 Å². The fraction of sp³-hybridized carbons (Fsp3) is 0.105. The van der Waals surface area contributed by atoms with Gasteiger partial charge in [0.1, 0.15) is 6.33 Å². The maximum atomic E-state index is 11.9. The van der Waals surface area contributed by atoms with Crippen LogP contribution in [0.25, 0.3) is 0 Å². The molecule has 148 valence electrons. The molecule has 10 heteroatoms. The number of hydrogen-bond acceptors (Lipinski definition) is 9. The summed E-state index contributed by atoms with van der Waals surface area (Å²) < 4.78 is 4.97. The number of rotatable bonds is 8. The maximum absolute atomic E-state index is 11.9. The molecule has 0 radical (unpaired) electrons. The minimum Gasteiger partial charge on any atom is -0.462 e. The van der Waals surface area contributed by atoms with Crippen LogP contribution in [0.2, 0.25) is 0 Å². The fourth-order valence-corrected chi connectivity index (χ4v) is 2.46. The number of nitrogens with one attached hydrogen (secondary N) is 3. The second kappa shape index (κ2) is 9.13. The third-order valence-corrected chi connectivity index (χ3v) is 3.74. The number of carbonyl (C=O) groups excluding carboxylic acids is 1. The lowest BCUT2D eigenvalue weighted by molar-refractivity contribution is -0.383. The second-order valence-electron chi connectivity index (χ2n) is 5.72. The average molecular weight is 394 g/mol. The van der Waals surface area contributed by atoms with Gasteiger partial charge >= 0.3 is 11.7 Å². The van der Waals surface area contributed by atoms with E-state index < -0.39 is 10.9 Å². The molecule has 0 aliphatic rings. The average Bonchev–Trinajstić information content (AvgIpc) is 2.73. The lowest BCUT2D eigenvalue weighted by Gasteiger charge is -2.12. The standard InChI is InChI=1S/C19H18N6O4/c1-2-29-19(26)13-7-6-10-15(11-13)22-17-16(25(27)28)18(21-12-20-17)24-23-14-8-4-3-5-9-14/h3-12,23H,2H2,1H3,(H2,20,21,22,24). The Kier molecular flexibility index (Phi) is 6.15. The number of aromatic nitrogens is 2. The molecule has 0 saturated carbocycles. The van der Waals surface area contributed by atoms with Crippen molar-refractivity contribution in [1.82, 2.24) is 9.97 Å². The van der Waals surface area contributed by atoms with E-state index in [-0.39, 0.29) is 23.9 Å². The molecule has 10 nitrogen and oxygen atoms in total. The number of hydrogen-bond donors (Lipinski definition) is 3. The molecule has 0 amide bonds. The van der Waals surface area contributed by atoms with E-state index in [9.17, 15) is 14.9 Å². The number of ether oxygens (including phenoxy) is 1. The van der Waals surface area contributed by atoms with Crippen LogP contribution in [0, 0.1) is 10.1 Å². The minimum absolute atomic E-state index is 0.0158. The van der Waals surface area contributed by atoms with Crippen molar-refractivity contribution in [2.75, 3.05) is 22.8 Å². The summed E-state index contributed by atoms with van der Waals surface area (Å²) in [5, 5.41) is 14.5. The van der Waals surface area contributed by atoms with Crippen LogP contribution >= 0.6 is 0 Å². The van der Waals surface area contributed by atoms with Gasteiger partial charge in [-0.3, -0.25) is 21.0 Å². The molecule has 0 fully saturated rings. The topological polar surface area (TPSA) is 131 Å². The summed E-state index contributed by atoms with van der Waals surface area (Å²) in [5.41, 5.74) is 6.70. The van der Waals surface area contributed by atoms with E-state index in [2.05, 4.69) is 26.1 Å². The number of anilines is 4. The molecule has 0 aliphatic heterocycles. The van der Waals surface area contributed by atoms with Crippen molar-refractivity contribution in [2.24, 2.45) is 0 Å². The number of esters is 1. The predicted molar refractivity (Wildman–Crippen MR) is 108 cm³/mol. The Bertz CT molecular complexity index is 1010. The van der Waals surface area contributed by atoms with Crippen molar-refractivity contribution in [3.8, 4) is 0 Å². The molecule has 3 N–H and O–H groups in total.